The Kier molecular flexibility index (Phi) is 27.3. The lowest BCUT2D eigenvalue weighted by Gasteiger charge is -2.38. The Morgan fingerprint density at radius 1 is 0.500 bits per heavy atom. The van der Waals surface area contributed by atoms with Crippen molar-refractivity contribution >= 4 is 8.80 Å². The Morgan fingerprint density at radius 3 is 1.57 bits per heavy atom. The fourth-order valence-electron chi connectivity index (χ4n) is 8.65. The van der Waals surface area contributed by atoms with E-state index in [1.54, 1.807) is 21.3 Å². The number of hydrogen-bond acceptors (Lipinski definition) is 5. The summed E-state index contributed by atoms with van der Waals surface area (Å²) >= 11 is 0. The number of nitrogens with zero attached hydrogens (tertiary/aromatic N) is 2. The Labute approximate surface area is 359 Å². The summed E-state index contributed by atoms with van der Waals surface area (Å²) in [6, 6.07) is 19.2. The third-order valence-electron chi connectivity index (χ3n) is 12.8. The van der Waals surface area contributed by atoms with Crippen LogP contribution in [-0.4, -0.2) is 105 Å². The molecule has 0 radical (unpaired) electrons. The summed E-state index contributed by atoms with van der Waals surface area (Å²) < 4.78 is 25.2. The van der Waals surface area contributed by atoms with E-state index in [1.165, 1.54) is 127 Å². The molecule has 0 aliphatic carbocycles. The van der Waals surface area contributed by atoms with Gasteiger partial charge >= 0.3 is 8.80 Å². The molecular formula is C50H92N2O5Si+2. The second-order valence-corrected chi connectivity index (χ2v) is 21.4. The molecule has 0 saturated carbocycles. The zero-order valence-electron chi connectivity index (χ0n) is 39.2. The number of hydrogen-bond donors (Lipinski definition) is 1. The van der Waals surface area contributed by atoms with Crippen molar-refractivity contribution in [3.63, 3.8) is 0 Å². The van der Waals surface area contributed by atoms with Crippen LogP contribution in [0.25, 0.3) is 0 Å². The first-order valence-electron chi connectivity index (χ1n) is 23.8. The second-order valence-electron chi connectivity index (χ2n) is 18.3. The van der Waals surface area contributed by atoms with Gasteiger partial charge in [0.2, 0.25) is 0 Å². The molecule has 1 N–H and O–H groups in total. The van der Waals surface area contributed by atoms with E-state index in [0.29, 0.717) is 6.42 Å². The van der Waals surface area contributed by atoms with Crippen molar-refractivity contribution in [2.75, 3.05) is 81.8 Å². The number of likely N-dealkylation sites (N-methyl/N-ethyl adjacent to an activating group) is 2. The molecule has 0 aliphatic heterocycles. The van der Waals surface area contributed by atoms with Gasteiger partial charge in [-0.25, -0.2) is 0 Å². The van der Waals surface area contributed by atoms with E-state index in [0.717, 1.165) is 79.0 Å². The highest BCUT2D eigenvalue weighted by atomic mass is 28.4. The van der Waals surface area contributed by atoms with Gasteiger partial charge in [-0.1, -0.05) is 133 Å². The molecule has 2 unspecified atom stereocenters. The minimum absolute atomic E-state index is 0.691. The van der Waals surface area contributed by atoms with E-state index in [9.17, 15) is 5.11 Å². The molecule has 58 heavy (non-hydrogen) atoms. The van der Waals surface area contributed by atoms with Crippen LogP contribution in [0.2, 0.25) is 6.04 Å². The van der Waals surface area contributed by atoms with Crippen LogP contribution in [0, 0.1) is 0 Å². The SMILES string of the molecule is CCCCCCCCCCCC[N+](C)(CCC)CC[N+](C)(C)CCCCCCOc1ccc(C(O)(CCCCCCCC[Si](OC)(OC)OC)c2ccccc2)cc1. The second kappa shape index (κ2) is 30.3. The van der Waals surface area contributed by atoms with Crippen LogP contribution in [0.3, 0.4) is 0 Å². The highest BCUT2D eigenvalue weighted by Gasteiger charge is 2.36. The number of aliphatic hydroxyl groups is 1. The largest absolute Gasteiger partial charge is 0.500 e. The van der Waals surface area contributed by atoms with E-state index < -0.39 is 14.4 Å². The molecule has 0 aromatic heterocycles. The molecular weight excluding hydrogens is 737 g/mol. The number of quaternary nitrogens is 2. The van der Waals surface area contributed by atoms with Crippen molar-refractivity contribution < 1.29 is 32.1 Å². The van der Waals surface area contributed by atoms with Crippen LogP contribution in [0.1, 0.15) is 166 Å². The maximum Gasteiger partial charge on any atom is 0.500 e. The maximum absolute atomic E-state index is 12.1. The van der Waals surface area contributed by atoms with E-state index in [4.69, 9.17) is 18.0 Å². The molecule has 0 saturated heterocycles. The molecule has 2 atom stereocenters. The summed E-state index contributed by atoms with van der Waals surface area (Å²) in [5, 5.41) is 12.1. The summed E-state index contributed by atoms with van der Waals surface area (Å²) in [6.07, 6.45) is 27.4. The average Bonchev–Trinajstić information content (AvgIpc) is 3.23. The van der Waals surface area contributed by atoms with E-state index in [2.05, 4.69) is 47.1 Å². The molecule has 334 valence electrons. The van der Waals surface area contributed by atoms with Crippen molar-refractivity contribution in [2.24, 2.45) is 0 Å². The molecule has 0 bridgehead atoms. The number of rotatable bonds is 38. The fourth-order valence-corrected chi connectivity index (χ4v) is 10.4. The maximum atomic E-state index is 12.1. The Hall–Kier alpha value is -1.78. The molecule has 0 heterocycles. The van der Waals surface area contributed by atoms with Gasteiger partial charge in [0.15, 0.2) is 0 Å². The van der Waals surface area contributed by atoms with E-state index in [1.807, 2.05) is 42.5 Å². The monoisotopic (exact) mass is 829 g/mol. The summed E-state index contributed by atoms with van der Waals surface area (Å²) in [5.41, 5.74) is 0.857. The summed E-state index contributed by atoms with van der Waals surface area (Å²) in [6.45, 7) is 11.8. The van der Waals surface area contributed by atoms with Crippen LogP contribution in [0.5, 0.6) is 5.75 Å². The Morgan fingerprint density at radius 2 is 1.00 bits per heavy atom. The lowest BCUT2D eigenvalue weighted by Crippen LogP contribution is -2.53. The third kappa shape index (κ3) is 21.1. The molecule has 0 aliphatic rings. The van der Waals surface area contributed by atoms with Gasteiger partial charge in [-0.15, -0.1) is 0 Å². The van der Waals surface area contributed by atoms with Gasteiger partial charge in [-0.05, 0) is 87.5 Å². The smallest absolute Gasteiger partial charge is 0.494 e. The molecule has 2 aromatic rings. The molecule has 2 aromatic carbocycles. The predicted octanol–water partition coefficient (Wildman–Crippen LogP) is 12.3. The number of ether oxygens (including phenoxy) is 1. The summed E-state index contributed by atoms with van der Waals surface area (Å²) in [7, 11) is 9.95. The third-order valence-corrected chi connectivity index (χ3v) is 15.6. The van der Waals surface area contributed by atoms with Gasteiger partial charge in [0, 0.05) is 27.4 Å². The van der Waals surface area contributed by atoms with Gasteiger partial charge in [0.25, 0.3) is 0 Å². The number of benzene rings is 2. The van der Waals surface area contributed by atoms with Gasteiger partial charge in [0.1, 0.15) is 24.4 Å². The normalized spacial score (nSPS) is 14.4. The molecule has 2 rings (SSSR count). The first kappa shape index (κ1) is 52.4. The van der Waals surface area contributed by atoms with Crippen LogP contribution < -0.4 is 4.74 Å². The standard InChI is InChI=1S/C50H92N2O5Si/c1-9-11-12-13-14-15-16-18-21-30-42-52(5,40-10-2)44-43-51(3,4)41-29-22-23-31-45-57-49-37-35-48(36-38-49)50(53,47-33-26-25-27-34-47)39-28-20-17-19-24-32-46-58(54-6,55-7)56-8/h25-27,33-38,53H,9-24,28-32,39-46H2,1-8H3/q+2. The molecule has 0 fully saturated rings. The van der Waals surface area contributed by atoms with Crippen LogP contribution in [0.4, 0.5) is 0 Å². The van der Waals surface area contributed by atoms with Crippen LogP contribution in [-0.2, 0) is 18.9 Å². The van der Waals surface area contributed by atoms with E-state index >= 15 is 0 Å². The van der Waals surface area contributed by atoms with Gasteiger partial charge in [-0.3, -0.25) is 0 Å². The highest BCUT2D eigenvalue weighted by molar-refractivity contribution is 6.60. The zero-order valence-corrected chi connectivity index (χ0v) is 40.2. The van der Waals surface area contributed by atoms with Crippen molar-refractivity contribution in [2.45, 2.75) is 167 Å². The number of unbranched alkanes of at least 4 members (excludes halogenated alkanes) is 17. The summed E-state index contributed by atoms with van der Waals surface area (Å²) in [5.74, 6) is 0.880. The first-order chi connectivity index (χ1) is 28.0. The van der Waals surface area contributed by atoms with E-state index in [-0.39, 0.29) is 0 Å². The van der Waals surface area contributed by atoms with Gasteiger partial charge in [-0.2, -0.15) is 0 Å². The fraction of sp³-hybridized carbons (Fsp3) is 0.760. The zero-order chi connectivity index (χ0) is 42.4. The average molecular weight is 829 g/mol. The topological polar surface area (TPSA) is 57.2 Å². The predicted molar refractivity (Wildman–Crippen MR) is 249 cm³/mol. The minimum atomic E-state index is -2.48. The van der Waals surface area contributed by atoms with Gasteiger partial charge in [0.05, 0.1) is 47.4 Å². The lowest BCUT2D eigenvalue weighted by molar-refractivity contribution is -0.955. The molecule has 7 nitrogen and oxygen atoms in total. The van der Waals surface area contributed by atoms with Crippen molar-refractivity contribution in [3.05, 3.63) is 65.7 Å². The van der Waals surface area contributed by atoms with Crippen molar-refractivity contribution in [1.82, 2.24) is 0 Å². The Balaban J connectivity index is 1.69. The van der Waals surface area contributed by atoms with Crippen molar-refractivity contribution in [1.29, 1.82) is 0 Å². The lowest BCUT2D eigenvalue weighted by atomic mass is 9.82. The minimum Gasteiger partial charge on any atom is -0.494 e. The first-order valence-corrected chi connectivity index (χ1v) is 25.8. The molecule has 0 spiro atoms. The molecule has 0 amide bonds. The summed E-state index contributed by atoms with van der Waals surface area (Å²) in [4.78, 5) is 0. The van der Waals surface area contributed by atoms with Gasteiger partial charge < -0.3 is 32.1 Å². The quantitative estimate of drug-likeness (QED) is 0.0415. The van der Waals surface area contributed by atoms with Crippen LogP contribution in [0.15, 0.2) is 54.6 Å². The van der Waals surface area contributed by atoms with Crippen molar-refractivity contribution in [3.8, 4) is 5.75 Å². The molecule has 8 heteroatoms. The van der Waals surface area contributed by atoms with Crippen LogP contribution >= 0.6 is 0 Å². The Bertz CT molecular complexity index is 1250. The highest BCUT2D eigenvalue weighted by Crippen LogP contribution is 2.36.